The first-order chi connectivity index (χ1) is 6.16. The van der Waals surface area contributed by atoms with Crippen LogP contribution in [0.3, 0.4) is 0 Å². The normalized spacial score (nSPS) is 25.4. The smallest absolute Gasteiger partial charge is 0.309 e. The number of carbonyl (C=O) groups excluding carboxylic acids is 1. The van der Waals surface area contributed by atoms with Crippen molar-refractivity contribution in [2.75, 3.05) is 6.61 Å². The molecule has 0 aromatic carbocycles. The van der Waals surface area contributed by atoms with E-state index in [4.69, 9.17) is 16.3 Å². The molecule has 1 N–H and O–H groups in total. The van der Waals surface area contributed by atoms with Crippen molar-refractivity contribution in [3.8, 4) is 0 Å². The molecule has 13 heavy (non-hydrogen) atoms. The number of alkyl halides is 1. The fourth-order valence-corrected chi connectivity index (χ4v) is 1.28. The topological polar surface area (TPSA) is 38.3 Å². The van der Waals surface area contributed by atoms with Crippen molar-refractivity contribution < 1.29 is 9.53 Å². The van der Waals surface area contributed by atoms with Crippen LogP contribution in [0.2, 0.25) is 0 Å². The van der Waals surface area contributed by atoms with Crippen molar-refractivity contribution in [2.24, 2.45) is 0 Å². The zero-order chi connectivity index (χ0) is 9.73. The van der Waals surface area contributed by atoms with Crippen molar-refractivity contribution >= 4 is 17.6 Å². The standard InChI is InChI=1S/C9H12ClNO2/c1-2-13-8(12)7-9(10)5-3-4-6-11-9/h3-6,11H,2,7H2,1H3. The van der Waals surface area contributed by atoms with E-state index in [0.717, 1.165) is 0 Å². The Bertz CT molecular complexity index is 250. The molecule has 0 aliphatic carbocycles. The highest BCUT2D eigenvalue weighted by molar-refractivity contribution is 6.26. The maximum Gasteiger partial charge on any atom is 0.309 e. The highest BCUT2D eigenvalue weighted by Gasteiger charge is 2.27. The van der Waals surface area contributed by atoms with Crippen molar-refractivity contribution in [1.82, 2.24) is 5.32 Å². The van der Waals surface area contributed by atoms with Gasteiger partial charge in [0.1, 0.15) is 5.00 Å². The molecule has 0 radical (unpaired) electrons. The number of rotatable bonds is 3. The molecule has 0 saturated heterocycles. The second-order valence-electron chi connectivity index (χ2n) is 2.71. The molecule has 4 heteroatoms. The molecule has 1 unspecified atom stereocenters. The number of esters is 1. The van der Waals surface area contributed by atoms with Crippen LogP contribution in [-0.4, -0.2) is 17.6 Å². The van der Waals surface area contributed by atoms with E-state index >= 15 is 0 Å². The Morgan fingerprint density at radius 3 is 2.92 bits per heavy atom. The maximum atomic E-state index is 11.1. The molecule has 0 amide bonds. The average Bonchev–Trinajstić information content (AvgIpc) is 2.04. The summed E-state index contributed by atoms with van der Waals surface area (Å²) in [4.78, 5) is 10.3. The number of halogens is 1. The molecule has 0 bridgehead atoms. The predicted octanol–water partition coefficient (Wildman–Crippen LogP) is 1.55. The van der Waals surface area contributed by atoms with Crippen LogP contribution in [0.15, 0.2) is 24.4 Å². The summed E-state index contributed by atoms with van der Waals surface area (Å²) in [5.74, 6) is -0.301. The second kappa shape index (κ2) is 4.33. The van der Waals surface area contributed by atoms with Crippen molar-refractivity contribution in [2.45, 2.75) is 18.3 Å². The third kappa shape index (κ3) is 3.11. The van der Waals surface area contributed by atoms with Gasteiger partial charge >= 0.3 is 5.97 Å². The van der Waals surface area contributed by atoms with Gasteiger partial charge in [0, 0.05) is 0 Å². The van der Waals surface area contributed by atoms with Crippen LogP contribution in [0, 0.1) is 0 Å². The van der Waals surface area contributed by atoms with Gasteiger partial charge in [0.25, 0.3) is 0 Å². The summed E-state index contributed by atoms with van der Waals surface area (Å²) in [7, 11) is 0. The zero-order valence-electron chi connectivity index (χ0n) is 7.42. The molecule has 0 aromatic rings. The van der Waals surface area contributed by atoms with Gasteiger partial charge in [-0.15, -0.1) is 0 Å². The number of ether oxygens (including phenoxy) is 1. The molecule has 0 aromatic heterocycles. The van der Waals surface area contributed by atoms with Crippen molar-refractivity contribution in [3.05, 3.63) is 24.4 Å². The number of hydrogen-bond acceptors (Lipinski definition) is 3. The van der Waals surface area contributed by atoms with Gasteiger partial charge in [0.05, 0.1) is 13.0 Å². The Hall–Kier alpha value is -0.960. The van der Waals surface area contributed by atoms with E-state index in [2.05, 4.69) is 5.32 Å². The lowest BCUT2D eigenvalue weighted by Crippen LogP contribution is -2.38. The van der Waals surface area contributed by atoms with E-state index in [9.17, 15) is 4.79 Å². The quantitative estimate of drug-likeness (QED) is 0.428. The van der Waals surface area contributed by atoms with E-state index in [1.165, 1.54) is 0 Å². The molecule has 72 valence electrons. The minimum absolute atomic E-state index is 0.128. The largest absolute Gasteiger partial charge is 0.466 e. The summed E-state index contributed by atoms with van der Waals surface area (Å²) in [6.45, 7) is 2.15. The maximum absolute atomic E-state index is 11.1. The minimum atomic E-state index is -0.818. The monoisotopic (exact) mass is 201 g/mol. The summed E-state index contributed by atoms with van der Waals surface area (Å²) in [6.07, 6.45) is 7.16. The molecule has 0 fully saturated rings. The highest BCUT2D eigenvalue weighted by atomic mass is 35.5. The Morgan fingerprint density at radius 2 is 2.38 bits per heavy atom. The van der Waals surface area contributed by atoms with E-state index in [0.29, 0.717) is 6.61 Å². The molecule has 0 spiro atoms. The SMILES string of the molecule is CCOC(=O)CC1(Cl)C=CC=CN1. The first-order valence-electron chi connectivity index (χ1n) is 4.13. The fourth-order valence-electron chi connectivity index (χ4n) is 1.03. The van der Waals surface area contributed by atoms with Gasteiger partial charge in [-0.3, -0.25) is 4.79 Å². The van der Waals surface area contributed by atoms with Crippen molar-refractivity contribution in [3.63, 3.8) is 0 Å². The lowest BCUT2D eigenvalue weighted by atomic mass is 10.1. The molecule has 1 heterocycles. The fraction of sp³-hybridized carbons (Fsp3) is 0.444. The number of carbonyl (C=O) groups is 1. The van der Waals surface area contributed by atoms with Crippen LogP contribution in [0.4, 0.5) is 0 Å². The summed E-state index contributed by atoms with van der Waals surface area (Å²) in [5, 5.41) is 2.88. The van der Waals surface area contributed by atoms with Crippen LogP contribution in [-0.2, 0) is 9.53 Å². The first kappa shape index (κ1) is 10.1. The summed E-state index contributed by atoms with van der Waals surface area (Å²) in [6, 6.07) is 0. The molecular weight excluding hydrogens is 190 g/mol. The predicted molar refractivity (Wildman–Crippen MR) is 51.2 cm³/mol. The van der Waals surface area contributed by atoms with Gasteiger partial charge in [-0.25, -0.2) is 0 Å². The lowest BCUT2D eigenvalue weighted by molar-refractivity contribution is -0.143. The summed E-state index contributed by atoms with van der Waals surface area (Å²) < 4.78 is 4.79. The molecule has 1 rings (SSSR count). The third-order valence-electron chi connectivity index (χ3n) is 1.60. The summed E-state index contributed by atoms with van der Waals surface area (Å²) >= 11 is 6.06. The Morgan fingerprint density at radius 1 is 1.62 bits per heavy atom. The van der Waals surface area contributed by atoms with Crippen LogP contribution in [0.1, 0.15) is 13.3 Å². The van der Waals surface area contributed by atoms with E-state index in [1.54, 1.807) is 25.3 Å². The molecular formula is C9H12ClNO2. The Labute approximate surface area is 82.4 Å². The van der Waals surface area contributed by atoms with E-state index in [-0.39, 0.29) is 12.4 Å². The lowest BCUT2D eigenvalue weighted by Gasteiger charge is -2.24. The van der Waals surface area contributed by atoms with E-state index in [1.807, 2.05) is 6.08 Å². The molecule has 1 atom stereocenters. The molecule has 0 saturated carbocycles. The van der Waals surface area contributed by atoms with Gasteiger partial charge in [0.2, 0.25) is 0 Å². The molecule has 1 aliphatic rings. The van der Waals surface area contributed by atoms with Gasteiger partial charge in [-0.2, -0.15) is 0 Å². The van der Waals surface area contributed by atoms with Crippen LogP contribution in [0.25, 0.3) is 0 Å². The van der Waals surface area contributed by atoms with Gasteiger partial charge in [-0.05, 0) is 25.3 Å². The average molecular weight is 202 g/mol. The number of hydrogen-bond donors (Lipinski definition) is 1. The van der Waals surface area contributed by atoms with Crippen LogP contribution in [0.5, 0.6) is 0 Å². The third-order valence-corrected chi connectivity index (χ3v) is 1.97. The number of dihydropyridines is 1. The Kier molecular flexibility index (Phi) is 3.37. The minimum Gasteiger partial charge on any atom is -0.466 e. The molecule has 3 nitrogen and oxygen atoms in total. The van der Waals surface area contributed by atoms with Gasteiger partial charge in [-0.1, -0.05) is 17.7 Å². The van der Waals surface area contributed by atoms with Crippen LogP contribution >= 0.6 is 11.6 Å². The second-order valence-corrected chi connectivity index (χ2v) is 3.38. The Balaban J connectivity index is 2.47. The number of nitrogens with one attached hydrogen (secondary N) is 1. The highest BCUT2D eigenvalue weighted by Crippen LogP contribution is 2.21. The zero-order valence-corrected chi connectivity index (χ0v) is 8.17. The van der Waals surface area contributed by atoms with Gasteiger partial charge < -0.3 is 10.1 Å². The van der Waals surface area contributed by atoms with Crippen LogP contribution < -0.4 is 5.32 Å². The summed E-state index contributed by atoms with van der Waals surface area (Å²) in [5.41, 5.74) is 0. The molecule has 1 aliphatic heterocycles. The van der Waals surface area contributed by atoms with Gasteiger partial charge in [0.15, 0.2) is 0 Å². The van der Waals surface area contributed by atoms with E-state index < -0.39 is 5.00 Å². The first-order valence-corrected chi connectivity index (χ1v) is 4.51. The number of allylic oxidation sites excluding steroid dienone is 2. The van der Waals surface area contributed by atoms with Crippen molar-refractivity contribution in [1.29, 1.82) is 0 Å².